The van der Waals surface area contributed by atoms with Gasteiger partial charge >= 0.3 is 0 Å². The Bertz CT molecular complexity index is 1120. The first kappa shape index (κ1) is 19.1. The molecule has 1 heterocycles. The van der Waals surface area contributed by atoms with Crippen molar-refractivity contribution in [1.82, 2.24) is 0 Å². The van der Waals surface area contributed by atoms with E-state index in [4.69, 9.17) is 14.2 Å². The molecule has 148 valence electrons. The molecular formula is C24H18N2O4. The molecule has 0 spiro atoms. The molecule has 0 aliphatic carbocycles. The number of amides is 1. The van der Waals surface area contributed by atoms with Gasteiger partial charge in [0.25, 0.3) is 5.91 Å². The van der Waals surface area contributed by atoms with Crippen molar-refractivity contribution in [2.24, 2.45) is 0 Å². The summed E-state index contributed by atoms with van der Waals surface area (Å²) in [6.07, 6.45) is 1.51. The zero-order chi connectivity index (χ0) is 20.8. The molecule has 3 aromatic rings. The van der Waals surface area contributed by atoms with Crippen LogP contribution in [0.2, 0.25) is 0 Å². The molecule has 30 heavy (non-hydrogen) atoms. The lowest BCUT2D eigenvalue weighted by atomic mass is 10.1. The Hall–Kier alpha value is -4.24. The van der Waals surface area contributed by atoms with Gasteiger partial charge in [-0.2, -0.15) is 5.26 Å². The van der Waals surface area contributed by atoms with Gasteiger partial charge in [-0.25, -0.2) is 0 Å². The number of anilines is 1. The minimum atomic E-state index is -0.492. The maximum Gasteiger partial charge on any atom is 0.266 e. The number of rotatable bonds is 6. The Labute approximate surface area is 173 Å². The summed E-state index contributed by atoms with van der Waals surface area (Å²) in [4.78, 5) is 12.5. The molecule has 0 saturated carbocycles. The van der Waals surface area contributed by atoms with Crippen LogP contribution >= 0.6 is 0 Å². The van der Waals surface area contributed by atoms with Crippen LogP contribution in [-0.4, -0.2) is 12.7 Å². The average molecular weight is 398 g/mol. The van der Waals surface area contributed by atoms with Gasteiger partial charge in [0.05, 0.1) is 0 Å². The fourth-order valence-corrected chi connectivity index (χ4v) is 2.89. The lowest BCUT2D eigenvalue weighted by molar-refractivity contribution is -0.112. The van der Waals surface area contributed by atoms with Crippen LogP contribution in [0.3, 0.4) is 0 Å². The lowest BCUT2D eigenvalue weighted by Crippen LogP contribution is -2.13. The zero-order valence-electron chi connectivity index (χ0n) is 16.0. The molecule has 4 rings (SSSR count). The number of hydrogen-bond acceptors (Lipinski definition) is 5. The molecule has 0 atom stereocenters. The van der Waals surface area contributed by atoms with Crippen LogP contribution in [0.15, 0.2) is 78.4 Å². The van der Waals surface area contributed by atoms with Gasteiger partial charge in [0.2, 0.25) is 6.79 Å². The summed E-state index contributed by atoms with van der Waals surface area (Å²) in [5.74, 6) is 1.43. The number of fused-ring (bicyclic) bond motifs is 1. The fourth-order valence-electron chi connectivity index (χ4n) is 2.89. The van der Waals surface area contributed by atoms with Crippen LogP contribution in [0.25, 0.3) is 6.08 Å². The number of nitrogens with one attached hydrogen (secondary N) is 1. The summed E-state index contributed by atoms with van der Waals surface area (Å²) in [7, 11) is 0. The van der Waals surface area contributed by atoms with E-state index in [0.717, 1.165) is 5.56 Å². The standard InChI is InChI=1S/C24H18N2O4/c25-14-19(12-18-6-11-22-23(13-18)30-16-29-22)24(27)26-20-7-9-21(10-8-20)28-15-17-4-2-1-3-5-17/h1-13H,15-16H2,(H,26,27)/b19-12+. The predicted molar refractivity (Wildman–Crippen MR) is 112 cm³/mol. The molecule has 6 nitrogen and oxygen atoms in total. The second-order valence-corrected chi connectivity index (χ2v) is 6.54. The highest BCUT2D eigenvalue weighted by Crippen LogP contribution is 2.33. The number of nitriles is 1. The number of ether oxygens (including phenoxy) is 3. The topological polar surface area (TPSA) is 80.6 Å². The van der Waals surface area contributed by atoms with Crippen molar-refractivity contribution in [2.45, 2.75) is 6.61 Å². The first-order chi connectivity index (χ1) is 14.7. The van der Waals surface area contributed by atoms with E-state index in [0.29, 0.717) is 35.1 Å². The van der Waals surface area contributed by atoms with Crippen LogP contribution in [-0.2, 0) is 11.4 Å². The first-order valence-corrected chi connectivity index (χ1v) is 9.31. The summed E-state index contributed by atoms with van der Waals surface area (Å²) in [5, 5.41) is 12.1. The molecule has 0 unspecified atom stereocenters. The van der Waals surface area contributed by atoms with Gasteiger partial charge in [-0.15, -0.1) is 0 Å². The SMILES string of the molecule is N#C/C(=C\c1ccc2c(c1)OCO2)C(=O)Nc1ccc(OCc2ccccc2)cc1. The number of carbonyl (C=O) groups excluding carboxylic acids is 1. The quantitative estimate of drug-likeness (QED) is 0.487. The zero-order valence-corrected chi connectivity index (χ0v) is 16.0. The van der Waals surface area contributed by atoms with E-state index < -0.39 is 5.91 Å². The Balaban J connectivity index is 1.39. The second-order valence-electron chi connectivity index (χ2n) is 6.54. The predicted octanol–water partition coefficient (Wildman–Crippen LogP) is 4.54. The molecule has 3 aromatic carbocycles. The van der Waals surface area contributed by atoms with Crippen molar-refractivity contribution in [3.63, 3.8) is 0 Å². The van der Waals surface area contributed by atoms with Crippen LogP contribution in [0, 0.1) is 11.3 Å². The fraction of sp³-hybridized carbons (Fsp3) is 0.0833. The highest BCUT2D eigenvalue weighted by Gasteiger charge is 2.14. The highest BCUT2D eigenvalue weighted by atomic mass is 16.7. The van der Waals surface area contributed by atoms with E-state index in [9.17, 15) is 10.1 Å². The van der Waals surface area contributed by atoms with Crippen LogP contribution in [0.5, 0.6) is 17.2 Å². The van der Waals surface area contributed by atoms with Crippen molar-refractivity contribution in [3.8, 4) is 23.3 Å². The van der Waals surface area contributed by atoms with E-state index in [1.807, 2.05) is 36.4 Å². The second kappa shape index (κ2) is 8.84. The molecule has 1 aliphatic heterocycles. The third kappa shape index (κ3) is 4.59. The first-order valence-electron chi connectivity index (χ1n) is 9.31. The van der Waals surface area contributed by atoms with E-state index in [2.05, 4.69) is 5.32 Å². The van der Waals surface area contributed by atoms with E-state index in [1.54, 1.807) is 42.5 Å². The summed E-state index contributed by atoms with van der Waals surface area (Å²) in [6, 6.07) is 24.0. The van der Waals surface area contributed by atoms with Crippen LogP contribution in [0.1, 0.15) is 11.1 Å². The summed E-state index contributed by atoms with van der Waals surface area (Å²) >= 11 is 0. The normalized spacial score (nSPS) is 12.2. The van der Waals surface area contributed by atoms with E-state index in [-0.39, 0.29) is 12.4 Å². The van der Waals surface area contributed by atoms with Gasteiger partial charge < -0.3 is 19.5 Å². The van der Waals surface area contributed by atoms with Crippen molar-refractivity contribution >= 4 is 17.7 Å². The van der Waals surface area contributed by atoms with Gasteiger partial charge in [-0.1, -0.05) is 36.4 Å². The third-order valence-corrected chi connectivity index (χ3v) is 4.43. The summed E-state index contributed by atoms with van der Waals surface area (Å²) in [5.41, 5.74) is 2.30. The Morgan fingerprint density at radius 1 is 1.03 bits per heavy atom. The maximum atomic E-state index is 12.5. The van der Waals surface area contributed by atoms with Gasteiger partial charge in [0, 0.05) is 5.69 Å². The molecule has 1 N–H and O–H groups in total. The molecular weight excluding hydrogens is 380 g/mol. The van der Waals surface area contributed by atoms with Crippen molar-refractivity contribution in [3.05, 3.63) is 89.5 Å². The molecule has 1 amide bonds. The smallest absolute Gasteiger partial charge is 0.266 e. The number of benzene rings is 3. The van der Waals surface area contributed by atoms with Crippen molar-refractivity contribution in [1.29, 1.82) is 5.26 Å². The third-order valence-electron chi connectivity index (χ3n) is 4.43. The van der Waals surface area contributed by atoms with Crippen molar-refractivity contribution < 1.29 is 19.0 Å². The number of nitrogens with zero attached hydrogens (tertiary/aromatic N) is 1. The van der Waals surface area contributed by atoms with Gasteiger partial charge in [0.15, 0.2) is 11.5 Å². The molecule has 0 aromatic heterocycles. The maximum absolute atomic E-state index is 12.5. The van der Waals surface area contributed by atoms with E-state index in [1.165, 1.54) is 6.08 Å². The highest BCUT2D eigenvalue weighted by molar-refractivity contribution is 6.09. The monoisotopic (exact) mass is 398 g/mol. The van der Waals surface area contributed by atoms with Crippen LogP contribution in [0.4, 0.5) is 5.69 Å². The largest absolute Gasteiger partial charge is 0.489 e. The molecule has 6 heteroatoms. The lowest BCUT2D eigenvalue weighted by Gasteiger charge is -2.08. The molecule has 0 radical (unpaired) electrons. The van der Waals surface area contributed by atoms with Gasteiger partial charge in [0.1, 0.15) is 24.0 Å². The molecule has 0 saturated heterocycles. The summed E-state index contributed by atoms with van der Waals surface area (Å²) in [6.45, 7) is 0.628. The average Bonchev–Trinajstić information content (AvgIpc) is 3.25. The van der Waals surface area contributed by atoms with Crippen molar-refractivity contribution in [2.75, 3.05) is 12.1 Å². The minimum absolute atomic E-state index is 0.0155. The minimum Gasteiger partial charge on any atom is -0.489 e. The molecule has 1 aliphatic rings. The van der Waals surface area contributed by atoms with Crippen LogP contribution < -0.4 is 19.5 Å². The Morgan fingerprint density at radius 2 is 1.80 bits per heavy atom. The van der Waals surface area contributed by atoms with E-state index >= 15 is 0 Å². The van der Waals surface area contributed by atoms with Gasteiger partial charge in [-0.3, -0.25) is 4.79 Å². The Morgan fingerprint density at radius 3 is 2.57 bits per heavy atom. The molecule has 0 fully saturated rings. The molecule has 0 bridgehead atoms. The number of hydrogen-bond donors (Lipinski definition) is 1. The number of carbonyl (C=O) groups is 1. The van der Waals surface area contributed by atoms with Gasteiger partial charge in [-0.05, 0) is 53.6 Å². The Kier molecular flexibility index (Phi) is 5.63. The summed E-state index contributed by atoms with van der Waals surface area (Å²) < 4.78 is 16.3.